The second-order valence-electron chi connectivity index (χ2n) is 8.33. The number of carbonyl (C=O) groups excluding carboxylic acids is 1. The number of carbonyl (C=O) groups is 1. The molecule has 0 unspecified atom stereocenters. The summed E-state index contributed by atoms with van der Waals surface area (Å²) in [4.78, 5) is 22.1. The normalized spacial score (nSPS) is 18.5. The molecule has 0 aliphatic carbocycles. The van der Waals surface area contributed by atoms with Gasteiger partial charge in [0.25, 0.3) is 5.76 Å². The Balaban J connectivity index is 1.31. The number of para-hydroxylation sites is 1. The predicted octanol–water partition coefficient (Wildman–Crippen LogP) is 3.26. The molecule has 5 rings (SSSR count). The van der Waals surface area contributed by atoms with Gasteiger partial charge in [-0.25, -0.2) is 4.79 Å². The van der Waals surface area contributed by atoms with E-state index in [9.17, 15) is 4.79 Å². The Morgan fingerprint density at radius 3 is 2.50 bits per heavy atom. The van der Waals surface area contributed by atoms with Gasteiger partial charge in [-0.3, -0.25) is 9.89 Å². The first-order chi connectivity index (χ1) is 15.7. The molecule has 2 aromatic carbocycles. The highest BCUT2D eigenvalue weighted by Gasteiger charge is 2.40. The maximum atomic E-state index is 13.2. The van der Waals surface area contributed by atoms with Crippen molar-refractivity contribution in [2.45, 2.75) is 13.5 Å². The SMILES string of the molecule is Cc1cccc(CN2CCN(C3=C(OCC4=NC=C4)C(=O)[N+](c4ccccc4)=C3)CC2)c1. The molecule has 1 saturated heterocycles. The Labute approximate surface area is 188 Å². The van der Waals surface area contributed by atoms with Gasteiger partial charge in [0.2, 0.25) is 11.9 Å². The van der Waals surface area contributed by atoms with Crippen LogP contribution in [0.3, 0.4) is 0 Å². The first-order valence-corrected chi connectivity index (χ1v) is 11.0. The third-order valence-corrected chi connectivity index (χ3v) is 6.00. The zero-order chi connectivity index (χ0) is 21.9. The fraction of sp³-hybridized carbons (Fsp3) is 0.269. The lowest BCUT2D eigenvalue weighted by atomic mass is 10.1. The third-order valence-electron chi connectivity index (χ3n) is 6.00. The van der Waals surface area contributed by atoms with Crippen molar-refractivity contribution in [3.63, 3.8) is 0 Å². The molecule has 3 heterocycles. The molecule has 0 saturated carbocycles. The standard InChI is InChI=1S/C26H27N4O2/c1-20-6-5-7-21(16-20)17-28-12-14-29(15-13-28)24-18-30(23-8-3-2-4-9-23)26(31)25(24)32-19-22-10-11-27-22/h2-11,16,18H,12-15,17,19H2,1H3/q+1. The number of amides is 1. The molecule has 3 aliphatic rings. The van der Waals surface area contributed by atoms with Crippen LogP contribution in [0.5, 0.6) is 0 Å². The van der Waals surface area contributed by atoms with Gasteiger partial charge in [-0.2, -0.15) is 0 Å². The van der Waals surface area contributed by atoms with Crippen molar-refractivity contribution in [2.75, 3.05) is 32.8 Å². The molecular formula is C26H27N4O2+. The van der Waals surface area contributed by atoms with Crippen LogP contribution in [0.4, 0.5) is 5.69 Å². The third kappa shape index (κ3) is 4.27. The number of benzene rings is 2. The van der Waals surface area contributed by atoms with E-state index in [4.69, 9.17) is 4.74 Å². The van der Waals surface area contributed by atoms with Crippen LogP contribution in [0.1, 0.15) is 11.1 Å². The van der Waals surface area contributed by atoms with E-state index in [0.29, 0.717) is 12.4 Å². The van der Waals surface area contributed by atoms with E-state index in [-0.39, 0.29) is 5.91 Å². The number of hydrogen-bond donors (Lipinski definition) is 0. The van der Waals surface area contributed by atoms with Crippen molar-refractivity contribution in [3.8, 4) is 0 Å². The molecule has 0 bridgehead atoms. The molecule has 32 heavy (non-hydrogen) atoms. The number of rotatable bonds is 7. The number of nitrogens with zero attached hydrogens (tertiary/aromatic N) is 4. The number of piperazine rings is 1. The summed E-state index contributed by atoms with van der Waals surface area (Å²) in [5, 5.41) is 0. The zero-order valence-corrected chi connectivity index (χ0v) is 18.3. The second-order valence-corrected chi connectivity index (χ2v) is 8.33. The van der Waals surface area contributed by atoms with Gasteiger partial charge in [0.05, 0.1) is 5.71 Å². The van der Waals surface area contributed by atoms with Crippen LogP contribution in [0, 0.1) is 6.92 Å². The van der Waals surface area contributed by atoms with Crippen LogP contribution in [0.2, 0.25) is 0 Å². The van der Waals surface area contributed by atoms with Gasteiger partial charge in [0, 0.05) is 51.1 Å². The lowest BCUT2D eigenvalue weighted by molar-refractivity contribution is -0.356. The lowest BCUT2D eigenvalue weighted by Gasteiger charge is -2.35. The second kappa shape index (κ2) is 8.93. The van der Waals surface area contributed by atoms with Crippen LogP contribution in [0.15, 0.2) is 83.3 Å². The van der Waals surface area contributed by atoms with Crippen molar-refractivity contribution in [2.24, 2.45) is 4.99 Å². The molecule has 0 spiro atoms. The highest BCUT2D eigenvalue weighted by molar-refractivity contribution is 6.03. The van der Waals surface area contributed by atoms with E-state index in [0.717, 1.165) is 49.8 Å². The van der Waals surface area contributed by atoms with Crippen molar-refractivity contribution < 1.29 is 14.1 Å². The maximum absolute atomic E-state index is 13.2. The Morgan fingerprint density at radius 2 is 1.81 bits per heavy atom. The van der Waals surface area contributed by atoms with Gasteiger partial charge in [-0.05, 0) is 18.6 Å². The minimum atomic E-state index is -0.128. The van der Waals surface area contributed by atoms with E-state index in [2.05, 4.69) is 46.0 Å². The van der Waals surface area contributed by atoms with Gasteiger partial charge in [0.15, 0.2) is 5.70 Å². The summed E-state index contributed by atoms with van der Waals surface area (Å²) in [7, 11) is 0. The summed E-state index contributed by atoms with van der Waals surface area (Å²) in [6.45, 7) is 6.96. The Bertz CT molecular complexity index is 1140. The van der Waals surface area contributed by atoms with E-state index < -0.39 is 0 Å². The van der Waals surface area contributed by atoms with E-state index >= 15 is 0 Å². The van der Waals surface area contributed by atoms with Crippen molar-refractivity contribution in [1.29, 1.82) is 0 Å². The van der Waals surface area contributed by atoms with Crippen LogP contribution in [-0.4, -0.2) is 65.0 Å². The maximum Gasteiger partial charge on any atom is 0.462 e. The van der Waals surface area contributed by atoms with Crippen LogP contribution < -0.4 is 0 Å². The highest BCUT2D eigenvalue weighted by atomic mass is 16.5. The average molecular weight is 428 g/mol. The topological polar surface area (TPSA) is 48.1 Å². The predicted molar refractivity (Wildman–Crippen MR) is 125 cm³/mol. The van der Waals surface area contributed by atoms with Crippen molar-refractivity contribution >= 4 is 23.5 Å². The Morgan fingerprint density at radius 1 is 1.03 bits per heavy atom. The monoisotopic (exact) mass is 427 g/mol. The lowest BCUT2D eigenvalue weighted by Crippen LogP contribution is -2.45. The number of allylic oxidation sites excluding steroid dienone is 1. The largest absolute Gasteiger partial charge is 0.476 e. The first-order valence-electron chi connectivity index (χ1n) is 11.0. The molecule has 0 radical (unpaired) electrons. The smallest absolute Gasteiger partial charge is 0.462 e. The summed E-state index contributed by atoms with van der Waals surface area (Å²) >= 11 is 0. The minimum Gasteiger partial charge on any atom is -0.476 e. The highest BCUT2D eigenvalue weighted by Crippen LogP contribution is 2.25. The first kappa shape index (κ1) is 20.4. The quantitative estimate of drug-likeness (QED) is 0.637. The summed E-state index contributed by atoms with van der Waals surface area (Å²) in [6.07, 6.45) is 5.56. The average Bonchev–Trinajstić information content (AvgIpc) is 3.10. The molecular weight excluding hydrogens is 400 g/mol. The van der Waals surface area contributed by atoms with Gasteiger partial charge < -0.3 is 9.64 Å². The van der Waals surface area contributed by atoms with Gasteiger partial charge in [-0.15, -0.1) is 4.58 Å². The van der Waals surface area contributed by atoms with E-state index in [1.807, 2.05) is 42.6 Å². The van der Waals surface area contributed by atoms with Gasteiger partial charge >= 0.3 is 5.91 Å². The molecule has 6 nitrogen and oxygen atoms in total. The molecule has 1 fully saturated rings. The van der Waals surface area contributed by atoms with Crippen molar-refractivity contribution in [3.05, 3.63) is 89.5 Å². The van der Waals surface area contributed by atoms with Crippen molar-refractivity contribution in [1.82, 2.24) is 9.80 Å². The molecule has 6 heteroatoms. The van der Waals surface area contributed by atoms with Gasteiger partial charge in [0.1, 0.15) is 6.61 Å². The van der Waals surface area contributed by atoms with E-state index in [1.165, 1.54) is 11.1 Å². The number of aryl methyl sites for hydroxylation is 1. The van der Waals surface area contributed by atoms with Gasteiger partial charge in [-0.1, -0.05) is 48.0 Å². The fourth-order valence-corrected chi connectivity index (χ4v) is 4.23. The summed E-state index contributed by atoms with van der Waals surface area (Å²) in [6, 6.07) is 18.4. The molecule has 162 valence electrons. The molecule has 0 atom stereocenters. The number of ether oxygens (including phenoxy) is 1. The number of hydrogen-bond acceptors (Lipinski definition) is 5. The molecule has 3 aliphatic heterocycles. The summed E-state index contributed by atoms with van der Waals surface area (Å²) < 4.78 is 7.68. The molecule has 1 amide bonds. The fourth-order valence-electron chi connectivity index (χ4n) is 4.23. The Hall–Kier alpha value is -3.51. The molecule has 0 aromatic heterocycles. The van der Waals surface area contributed by atoms with Crippen LogP contribution in [0.25, 0.3) is 0 Å². The zero-order valence-electron chi connectivity index (χ0n) is 18.3. The Kier molecular flexibility index (Phi) is 5.69. The minimum absolute atomic E-state index is 0.128. The van der Waals surface area contributed by atoms with Crippen LogP contribution in [-0.2, 0) is 16.1 Å². The molecule has 2 aromatic rings. The number of aliphatic imine (C=N–C) groups is 1. The van der Waals surface area contributed by atoms with E-state index in [1.54, 1.807) is 10.8 Å². The van der Waals surface area contributed by atoms with Crippen LogP contribution >= 0.6 is 0 Å². The summed E-state index contributed by atoms with van der Waals surface area (Å²) in [5.74, 6) is 0.279. The summed E-state index contributed by atoms with van der Waals surface area (Å²) in [5.41, 5.74) is 5.18. The molecule has 0 N–H and O–H groups in total.